The smallest absolute Gasteiger partial charge is 0.132 e. The molecule has 90 valence electrons. The zero-order chi connectivity index (χ0) is 12.1. The highest BCUT2D eigenvalue weighted by atomic mass is 32.1. The van der Waals surface area contributed by atoms with E-state index in [0.29, 0.717) is 5.78 Å². The predicted molar refractivity (Wildman–Crippen MR) is 74.7 cm³/mol. The molecule has 0 unspecified atom stereocenters. The number of carbonyl (C=O) groups excluding carboxylic acids is 1. The van der Waals surface area contributed by atoms with Gasteiger partial charge in [0, 0.05) is 17.5 Å². The molecule has 0 N–H and O–H groups in total. The number of thiophene rings is 1. The fourth-order valence-corrected chi connectivity index (χ4v) is 3.10. The van der Waals surface area contributed by atoms with Gasteiger partial charge in [0.05, 0.1) is 0 Å². The maximum absolute atomic E-state index is 11.4. The van der Waals surface area contributed by atoms with Gasteiger partial charge in [-0.1, -0.05) is 25.1 Å². The number of hydrogen-bond donors (Lipinski definition) is 0. The third kappa shape index (κ3) is 3.16. The van der Waals surface area contributed by atoms with Gasteiger partial charge in [-0.25, -0.2) is 0 Å². The lowest BCUT2D eigenvalue weighted by molar-refractivity contribution is -0.119. The molecule has 0 fully saturated rings. The van der Waals surface area contributed by atoms with Crippen molar-refractivity contribution < 1.29 is 4.79 Å². The summed E-state index contributed by atoms with van der Waals surface area (Å²) >= 11 is 1.80. The Labute approximate surface area is 106 Å². The fraction of sp³-hybridized carbons (Fsp3) is 0.400. The Morgan fingerprint density at radius 3 is 2.88 bits per heavy atom. The molecule has 1 heterocycles. The van der Waals surface area contributed by atoms with Crippen molar-refractivity contribution in [3.63, 3.8) is 0 Å². The molecule has 0 amide bonds. The predicted octanol–water partition coefficient (Wildman–Crippen LogP) is 4.59. The van der Waals surface area contributed by atoms with E-state index in [1.54, 1.807) is 11.3 Å². The largest absolute Gasteiger partial charge is 0.300 e. The second-order valence-corrected chi connectivity index (χ2v) is 5.31. The molecule has 0 aliphatic rings. The lowest BCUT2D eigenvalue weighted by Gasteiger charge is -2.00. The minimum Gasteiger partial charge on any atom is -0.300 e. The van der Waals surface area contributed by atoms with Crippen molar-refractivity contribution in [1.29, 1.82) is 0 Å². The zero-order valence-corrected chi connectivity index (χ0v) is 11.1. The Morgan fingerprint density at radius 1 is 1.24 bits per heavy atom. The summed E-state index contributed by atoms with van der Waals surface area (Å²) in [6.45, 7) is 2.06. The van der Waals surface area contributed by atoms with Crippen molar-refractivity contribution in [1.82, 2.24) is 0 Å². The van der Waals surface area contributed by atoms with Gasteiger partial charge in [0.1, 0.15) is 5.78 Å². The van der Waals surface area contributed by atoms with E-state index >= 15 is 0 Å². The topological polar surface area (TPSA) is 17.1 Å². The third-order valence-electron chi connectivity index (χ3n) is 2.99. The number of carbonyl (C=O) groups is 1. The van der Waals surface area contributed by atoms with Crippen LogP contribution in [0.1, 0.15) is 38.2 Å². The summed E-state index contributed by atoms with van der Waals surface area (Å²) in [7, 11) is 0. The first-order chi connectivity index (χ1) is 8.31. The zero-order valence-electron chi connectivity index (χ0n) is 10.2. The van der Waals surface area contributed by atoms with Crippen LogP contribution in [0.5, 0.6) is 0 Å². The van der Waals surface area contributed by atoms with E-state index in [1.165, 1.54) is 15.6 Å². The summed E-state index contributed by atoms with van der Waals surface area (Å²) in [5.74, 6) is 0.409. The maximum Gasteiger partial charge on any atom is 0.132 e. The lowest BCUT2D eigenvalue weighted by Crippen LogP contribution is -1.97. The number of benzene rings is 1. The van der Waals surface area contributed by atoms with Crippen LogP contribution in [-0.2, 0) is 11.2 Å². The van der Waals surface area contributed by atoms with Crippen LogP contribution >= 0.6 is 11.3 Å². The molecule has 2 rings (SSSR count). The third-order valence-corrected chi connectivity index (χ3v) is 4.00. The molecule has 0 aliphatic carbocycles. The first kappa shape index (κ1) is 12.3. The monoisotopic (exact) mass is 246 g/mol. The fourth-order valence-electron chi connectivity index (χ4n) is 2.11. The van der Waals surface area contributed by atoms with E-state index in [1.807, 2.05) is 0 Å². The summed E-state index contributed by atoms with van der Waals surface area (Å²) in [6, 6.07) is 8.49. The van der Waals surface area contributed by atoms with Crippen molar-refractivity contribution in [2.75, 3.05) is 0 Å². The molecule has 1 aromatic carbocycles. The van der Waals surface area contributed by atoms with Gasteiger partial charge in [-0.2, -0.15) is 0 Å². The number of fused-ring (bicyclic) bond motifs is 1. The summed E-state index contributed by atoms with van der Waals surface area (Å²) in [5, 5.41) is 3.59. The molecule has 0 aliphatic heterocycles. The molecule has 0 saturated heterocycles. The van der Waals surface area contributed by atoms with Crippen LogP contribution in [0.15, 0.2) is 29.6 Å². The standard InChI is InChI=1S/C15H18OS/c1-2-6-13(16)8-5-7-12-11-17-15-10-4-3-9-14(12)15/h3-4,9-11H,2,5-8H2,1H3. The second-order valence-electron chi connectivity index (χ2n) is 4.40. The van der Waals surface area contributed by atoms with E-state index in [-0.39, 0.29) is 0 Å². The lowest BCUT2D eigenvalue weighted by atomic mass is 10.0. The molecule has 0 spiro atoms. The highest BCUT2D eigenvalue weighted by molar-refractivity contribution is 7.17. The van der Waals surface area contributed by atoms with Gasteiger partial charge in [0.2, 0.25) is 0 Å². The van der Waals surface area contributed by atoms with Gasteiger partial charge < -0.3 is 0 Å². The van der Waals surface area contributed by atoms with Crippen LogP contribution in [0.3, 0.4) is 0 Å². The molecule has 1 aromatic heterocycles. The quantitative estimate of drug-likeness (QED) is 0.728. The average Bonchev–Trinajstić information content (AvgIpc) is 2.73. The molecule has 0 atom stereocenters. The van der Waals surface area contributed by atoms with Gasteiger partial charge in [-0.05, 0) is 41.7 Å². The Bertz CT molecular complexity index is 498. The SMILES string of the molecule is CCCC(=O)CCCc1csc2ccccc12. The number of Topliss-reactive ketones (excluding diaryl/α,β-unsaturated/α-hetero) is 1. The van der Waals surface area contributed by atoms with Gasteiger partial charge in [-0.15, -0.1) is 11.3 Å². The van der Waals surface area contributed by atoms with E-state index in [4.69, 9.17) is 0 Å². The molecular weight excluding hydrogens is 228 g/mol. The molecule has 0 radical (unpaired) electrons. The average molecular weight is 246 g/mol. The minimum absolute atomic E-state index is 0.409. The maximum atomic E-state index is 11.4. The van der Waals surface area contributed by atoms with Crippen LogP contribution in [0.4, 0.5) is 0 Å². The van der Waals surface area contributed by atoms with E-state index in [0.717, 1.165) is 32.1 Å². The molecule has 2 heteroatoms. The van der Waals surface area contributed by atoms with Gasteiger partial charge in [-0.3, -0.25) is 4.79 Å². The molecule has 2 aromatic rings. The molecule has 1 nitrogen and oxygen atoms in total. The van der Waals surface area contributed by atoms with Crippen LogP contribution < -0.4 is 0 Å². The Hall–Kier alpha value is -1.15. The van der Waals surface area contributed by atoms with E-state index in [9.17, 15) is 4.79 Å². The van der Waals surface area contributed by atoms with Crippen molar-refractivity contribution in [3.05, 3.63) is 35.2 Å². The molecule has 17 heavy (non-hydrogen) atoms. The highest BCUT2D eigenvalue weighted by Crippen LogP contribution is 2.26. The Morgan fingerprint density at radius 2 is 2.06 bits per heavy atom. The number of ketones is 1. The number of rotatable bonds is 6. The Balaban J connectivity index is 1.93. The number of hydrogen-bond acceptors (Lipinski definition) is 2. The van der Waals surface area contributed by atoms with Gasteiger partial charge in [0.15, 0.2) is 0 Å². The van der Waals surface area contributed by atoms with Crippen LogP contribution in [0, 0.1) is 0 Å². The van der Waals surface area contributed by atoms with Gasteiger partial charge >= 0.3 is 0 Å². The summed E-state index contributed by atoms with van der Waals surface area (Å²) in [5.41, 5.74) is 1.40. The molecular formula is C15H18OS. The van der Waals surface area contributed by atoms with Crippen molar-refractivity contribution in [2.24, 2.45) is 0 Å². The highest BCUT2D eigenvalue weighted by Gasteiger charge is 2.05. The normalized spacial score (nSPS) is 10.9. The first-order valence-electron chi connectivity index (χ1n) is 6.28. The van der Waals surface area contributed by atoms with Crippen LogP contribution in [-0.4, -0.2) is 5.78 Å². The molecule has 0 saturated carbocycles. The summed E-state index contributed by atoms with van der Waals surface area (Å²) < 4.78 is 1.35. The summed E-state index contributed by atoms with van der Waals surface area (Å²) in [4.78, 5) is 11.4. The summed E-state index contributed by atoms with van der Waals surface area (Å²) in [6.07, 6.45) is 4.46. The van der Waals surface area contributed by atoms with E-state index in [2.05, 4.69) is 36.6 Å². The second kappa shape index (κ2) is 5.97. The Kier molecular flexibility index (Phi) is 4.32. The first-order valence-corrected chi connectivity index (χ1v) is 7.16. The molecule has 0 bridgehead atoms. The van der Waals surface area contributed by atoms with Crippen LogP contribution in [0.2, 0.25) is 0 Å². The number of aryl methyl sites for hydroxylation is 1. The van der Waals surface area contributed by atoms with E-state index < -0.39 is 0 Å². The van der Waals surface area contributed by atoms with Crippen molar-refractivity contribution >= 4 is 27.2 Å². The van der Waals surface area contributed by atoms with Crippen molar-refractivity contribution in [3.8, 4) is 0 Å². The minimum atomic E-state index is 0.409. The van der Waals surface area contributed by atoms with Crippen LogP contribution in [0.25, 0.3) is 10.1 Å². The van der Waals surface area contributed by atoms with Crippen molar-refractivity contribution in [2.45, 2.75) is 39.0 Å². The van der Waals surface area contributed by atoms with Gasteiger partial charge in [0.25, 0.3) is 0 Å².